The van der Waals surface area contributed by atoms with Gasteiger partial charge < -0.3 is 14.4 Å². The first-order chi connectivity index (χ1) is 12.6. The van der Waals surface area contributed by atoms with E-state index in [0.717, 1.165) is 12.1 Å². The molecule has 0 aromatic heterocycles. The summed E-state index contributed by atoms with van der Waals surface area (Å²) in [5, 5.41) is 11.2. The number of hydrogen-bond acceptors (Lipinski definition) is 7. The first-order valence-corrected chi connectivity index (χ1v) is 9.15. The summed E-state index contributed by atoms with van der Waals surface area (Å²) in [4.78, 5) is 39.0. The Bertz CT molecular complexity index is 829. The third-order valence-corrected chi connectivity index (χ3v) is 5.89. The maximum absolute atomic E-state index is 13.1. The molecule has 2 atom stereocenters. The Balaban J connectivity index is 1.87. The van der Waals surface area contributed by atoms with Crippen LogP contribution in [0.5, 0.6) is 0 Å². The Morgan fingerprint density at radius 3 is 2.52 bits per heavy atom. The molecule has 8 heteroatoms. The van der Waals surface area contributed by atoms with Gasteiger partial charge in [-0.1, -0.05) is 6.92 Å². The molecule has 144 valence electrons. The Labute approximate surface area is 156 Å². The second-order valence-electron chi connectivity index (χ2n) is 8.24. The first kappa shape index (κ1) is 17.8. The maximum atomic E-state index is 13.1. The third kappa shape index (κ3) is 2.57. The lowest BCUT2D eigenvalue weighted by atomic mass is 9.66. The summed E-state index contributed by atoms with van der Waals surface area (Å²) in [5.41, 5.74) is -0.116. The van der Waals surface area contributed by atoms with Crippen LogP contribution in [0.4, 0.5) is 11.4 Å². The molecule has 0 saturated carbocycles. The number of nitro groups is 1. The molecule has 2 fully saturated rings. The number of nitrogens with zero attached hydrogens (tertiary/aromatic N) is 2. The lowest BCUT2D eigenvalue weighted by Crippen LogP contribution is -2.67. The van der Waals surface area contributed by atoms with Gasteiger partial charge in [0.05, 0.1) is 11.0 Å². The number of carbonyl (C=O) groups is 2. The first-order valence-electron chi connectivity index (χ1n) is 9.15. The van der Waals surface area contributed by atoms with Crippen LogP contribution in [-0.4, -0.2) is 35.2 Å². The summed E-state index contributed by atoms with van der Waals surface area (Å²) in [6.45, 7) is 5.82. The zero-order valence-corrected chi connectivity index (χ0v) is 15.6. The van der Waals surface area contributed by atoms with Crippen molar-refractivity contribution >= 4 is 23.3 Å². The maximum Gasteiger partial charge on any atom is 0.329 e. The lowest BCUT2D eigenvalue weighted by Gasteiger charge is -2.54. The number of ether oxygens (including phenoxy) is 2. The standard InChI is InChI=1S/C19H22N2O6/c1-11-6-7-20-14-5-4-13(21(24)25)9-12(14)10-19(15(20)8-11)16(22)26-18(2,3)27-17(19)23/h4-5,9,11,15H,6-8,10H2,1-3H3/t11-,15+/m0/s1. The van der Waals surface area contributed by atoms with Crippen LogP contribution >= 0.6 is 0 Å². The SMILES string of the molecule is C[C@H]1CCN2c3ccc([N+](=O)[O-])cc3CC3(C(=O)OC(C)(C)OC3=O)[C@H]2C1. The smallest absolute Gasteiger partial charge is 0.329 e. The number of cyclic esters (lactones) is 2. The normalized spacial score (nSPS) is 28.0. The van der Waals surface area contributed by atoms with Gasteiger partial charge in [-0.25, -0.2) is 0 Å². The predicted octanol–water partition coefficient (Wildman–Crippen LogP) is 2.58. The molecule has 0 N–H and O–H groups in total. The molecular weight excluding hydrogens is 352 g/mol. The minimum atomic E-state index is -1.49. The van der Waals surface area contributed by atoms with Crippen LogP contribution in [0.2, 0.25) is 0 Å². The molecule has 3 aliphatic heterocycles. The zero-order chi connectivity index (χ0) is 19.6. The topological polar surface area (TPSA) is 99.0 Å². The van der Waals surface area contributed by atoms with E-state index >= 15 is 0 Å². The van der Waals surface area contributed by atoms with Crippen molar-refractivity contribution in [3.05, 3.63) is 33.9 Å². The molecular formula is C19H22N2O6. The van der Waals surface area contributed by atoms with Crippen molar-refractivity contribution in [1.82, 2.24) is 0 Å². The predicted molar refractivity (Wildman–Crippen MR) is 95.0 cm³/mol. The highest BCUT2D eigenvalue weighted by Crippen LogP contribution is 2.50. The number of rotatable bonds is 1. The van der Waals surface area contributed by atoms with E-state index in [4.69, 9.17) is 9.47 Å². The summed E-state index contributed by atoms with van der Waals surface area (Å²) >= 11 is 0. The van der Waals surface area contributed by atoms with Gasteiger partial charge in [-0.3, -0.25) is 19.7 Å². The Kier molecular flexibility index (Phi) is 3.73. The summed E-state index contributed by atoms with van der Waals surface area (Å²) < 4.78 is 10.9. The van der Waals surface area contributed by atoms with E-state index in [1.807, 2.05) is 4.90 Å². The fourth-order valence-electron chi connectivity index (χ4n) is 4.57. The molecule has 27 heavy (non-hydrogen) atoms. The molecule has 0 amide bonds. The van der Waals surface area contributed by atoms with E-state index in [0.29, 0.717) is 24.4 Å². The van der Waals surface area contributed by atoms with E-state index in [2.05, 4.69) is 6.92 Å². The number of non-ortho nitro benzene ring substituents is 1. The minimum absolute atomic E-state index is 0.0473. The Hall–Kier alpha value is -2.64. The quantitative estimate of drug-likeness (QED) is 0.322. The van der Waals surface area contributed by atoms with Crippen molar-refractivity contribution in [2.75, 3.05) is 11.4 Å². The van der Waals surface area contributed by atoms with E-state index in [1.54, 1.807) is 6.07 Å². The zero-order valence-electron chi connectivity index (χ0n) is 15.6. The van der Waals surface area contributed by atoms with Crippen LogP contribution in [0, 0.1) is 21.4 Å². The highest BCUT2D eigenvalue weighted by molar-refractivity contribution is 6.04. The van der Waals surface area contributed by atoms with Crippen molar-refractivity contribution in [1.29, 1.82) is 0 Å². The molecule has 3 heterocycles. The van der Waals surface area contributed by atoms with Crippen LogP contribution in [0.15, 0.2) is 18.2 Å². The van der Waals surface area contributed by atoms with Crippen LogP contribution < -0.4 is 4.90 Å². The highest BCUT2D eigenvalue weighted by atomic mass is 16.7. The van der Waals surface area contributed by atoms with Gasteiger partial charge >= 0.3 is 11.9 Å². The van der Waals surface area contributed by atoms with Gasteiger partial charge in [0.15, 0.2) is 5.41 Å². The van der Waals surface area contributed by atoms with E-state index in [9.17, 15) is 19.7 Å². The summed E-state index contributed by atoms with van der Waals surface area (Å²) in [6, 6.07) is 4.25. The summed E-state index contributed by atoms with van der Waals surface area (Å²) in [5.74, 6) is -2.18. The number of carbonyl (C=O) groups excluding carboxylic acids is 2. The van der Waals surface area contributed by atoms with Gasteiger partial charge in [0.1, 0.15) is 0 Å². The molecule has 0 bridgehead atoms. The second kappa shape index (κ2) is 5.68. The second-order valence-corrected chi connectivity index (χ2v) is 8.24. The number of piperidine rings is 1. The molecule has 0 unspecified atom stereocenters. The molecule has 0 radical (unpaired) electrons. The van der Waals surface area contributed by atoms with Crippen molar-refractivity contribution < 1.29 is 24.0 Å². The molecule has 1 spiro atoms. The van der Waals surface area contributed by atoms with Crippen molar-refractivity contribution in [2.24, 2.45) is 11.3 Å². The van der Waals surface area contributed by atoms with Crippen molar-refractivity contribution in [2.45, 2.75) is 51.9 Å². The van der Waals surface area contributed by atoms with Gasteiger partial charge in [-0.2, -0.15) is 0 Å². The van der Waals surface area contributed by atoms with E-state index in [-0.39, 0.29) is 18.2 Å². The molecule has 4 rings (SSSR count). The van der Waals surface area contributed by atoms with Crippen LogP contribution in [0.1, 0.15) is 39.2 Å². The van der Waals surface area contributed by atoms with Crippen molar-refractivity contribution in [3.63, 3.8) is 0 Å². The number of esters is 2. The fourth-order valence-corrected chi connectivity index (χ4v) is 4.57. The van der Waals surface area contributed by atoms with Crippen LogP contribution in [-0.2, 0) is 25.5 Å². The van der Waals surface area contributed by atoms with Gasteiger partial charge in [0.25, 0.3) is 11.5 Å². The molecule has 1 aromatic carbocycles. The average molecular weight is 374 g/mol. The molecule has 8 nitrogen and oxygen atoms in total. The van der Waals surface area contributed by atoms with Crippen LogP contribution in [0.25, 0.3) is 0 Å². The largest absolute Gasteiger partial charge is 0.422 e. The Morgan fingerprint density at radius 2 is 1.89 bits per heavy atom. The van der Waals surface area contributed by atoms with Crippen LogP contribution in [0.3, 0.4) is 0 Å². The fraction of sp³-hybridized carbons (Fsp3) is 0.579. The number of fused-ring (bicyclic) bond motifs is 4. The van der Waals surface area contributed by atoms with Gasteiger partial charge in [-0.05, 0) is 30.4 Å². The van der Waals surface area contributed by atoms with E-state index < -0.39 is 28.1 Å². The van der Waals surface area contributed by atoms with Gasteiger partial charge in [0.2, 0.25) is 0 Å². The molecule has 0 aliphatic carbocycles. The van der Waals surface area contributed by atoms with Crippen molar-refractivity contribution in [3.8, 4) is 0 Å². The molecule has 3 aliphatic rings. The van der Waals surface area contributed by atoms with E-state index in [1.165, 1.54) is 26.0 Å². The number of hydrogen-bond donors (Lipinski definition) is 0. The summed E-state index contributed by atoms with van der Waals surface area (Å²) in [6.07, 6.45) is 1.62. The lowest BCUT2D eigenvalue weighted by molar-refractivity contribution is -0.384. The number of nitro benzene ring substituents is 1. The van der Waals surface area contributed by atoms with Gasteiger partial charge in [0, 0.05) is 44.6 Å². The minimum Gasteiger partial charge on any atom is -0.422 e. The van der Waals surface area contributed by atoms with Gasteiger partial charge in [-0.15, -0.1) is 0 Å². The molecule has 2 saturated heterocycles. The number of benzene rings is 1. The monoisotopic (exact) mass is 374 g/mol. The Morgan fingerprint density at radius 1 is 1.22 bits per heavy atom. The summed E-state index contributed by atoms with van der Waals surface area (Å²) in [7, 11) is 0. The molecule has 1 aromatic rings. The highest BCUT2D eigenvalue weighted by Gasteiger charge is 2.64. The number of anilines is 1. The third-order valence-electron chi connectivity index (χ3n) is 5.89. The average Bonchev–Trinajstić information content (AvgIpc) is 2.58.